The molecule has 0 bridgehead atoms. The standard InChI is InChI=1S/C22H23Cl2NO3S/c1-3-13-8-9-15-18(12-13)29-21(20(15)22(27)28-4-2)25-19(26)11-10-14-16(23)6-5-7-17(14)24/h5-7,10-11,13H,3-4,8-9,12H2,1-2H3,(H,25,26)/b11-10+/t13-/m0/s1. The van der Waals surface area contributed by atoms with E-state index in [1.54, 1.807) is 31.2 Å². The van der Waals surface area contributed by atoms with E-state index in [9.17, 15) is 9.59 Å². The molecule has 0 radical (unpaired) electrons. The number of esters is 1. The Kier molecular flexibility index (Phi) is 7.38. The molecular weight excluding hydrogens is 429 g/mol. The molecule has 1 atom stereocenters. The van der Waals surface area contributed by atoms with Gasteiger partial charge in [0.15, 0.2) is 0 Å². The monoisotopic (exact) mass is 451 g/mol. The van der Waals surface area contributed by atoms with E-state index in [0.717, 1.165) is 31.2 Å². The lowest BCUT2D eigenvalue weighted by atomic mass is 9.85. The summed E-state index contributed by atoms with van der Waals surface area (Å²) in [7, 11) is 0. The van der Waals surface area contributed by atoms with Gasteiger partial charge in [0.1, 0.15) is 5.00 Å². The van der Waals surface area contributed by atoms with Gasteiger partial charge in [-0.15, -0.1) is 11.3 Å². The molecule has 1 N–H and O–H groups in total. The highest BCUT2D eigenvalue weighted by atomic mass is 35.5. The van der Waals surface area contributed by atoms with Gasteiger partial charge in [0.2, 0.25) is 5.91 Å². The van der Waals surface area contributed by atoms with Crippen molar-refractivity contribution in [3.05, 3.63) is 55.9 Å². The molecule has 1 aromatic carbocycles. The summed E-state index contributed by atoms with van der Waals surface area (Å²) in [6.45, 7) is 4.25. The number of fused-ring (bicyclic) bond motifs is 1. The van der Waals surface area contributed by atoms with E-state index in [2.05, 4.69) is 12.2 Å². The smallest absolute Gasteiger partial charge is 0.341 e. The average molecular weight is 452 g/mol. The summed E-state index contributed by atoms with van der Waals surface area (Å²) >= 11 is 13.8. The lowest BCUT2D eigenvalue weighted by molar-refractivity contribution is -0.111. The van der Waals surface area contributed by atoms with E-state index < -0.39 is 0 Å². The SMILES string of the molecule is CCOC(=O)c1c(NC(=O)/C=C/c2c(Cl)cccc2Cl)sc2c1CC[C@H](CC)C2. The number of carbonyl (C=O) groups excluding carboxylic acids is 2. The second-order valence-electron chi connectivity index (χ2n) is 6.90. The van der Waals surface area contributed by atoms with E-state index >= 15 is 0 Å². The van der Waals surface area contributed by atoms with Crippen molar-refractivity contribution < 1.29 is 14.3 Å². The average Bonchev–Trinajstić information content (AvgIpc) is 3.04. The van der Waals surface area contributed by atoms with Crippen LogP contribution in [0.4, 0.5) is 5.00 Å². The van der Waals surface area contributed by atoms with Crippen molar-refractivity contribution >= 4 is 57.5 Å². The van der Waals surface area contributed by atoms with E-state index in [1.807, 2.05) is 0 Å². The lowest BCUT2D eigenvalue weighted by Crippen LogP contribution is -2.16. The van der Waals surface area contributed by atoms with E-state index in [0.29, 0.717) is 38.7 Å². The topological polar surface area (TPSA) is 55.4 Å². The van der Waals surface area contributed by atoms with Gasteiger partial charge in [0, 0.05) is 26.6 Å². The summed E-state index contributed by atoms with van der Waals surface area (Å²) in [6, 6.07) is 5.16. The summed E-state index contributed by atoms with van der Waals surface area (Å²) in [4.78, 5) is 26.3. The quantitative estimate of drug-likeness (QED) is 0.408. The summed E-state index contributed by atoms with van der Waals surface area (Å²) in [6.07, 6.45) is 6.86. The van der Waals surface area contributed by atoms with Gasteiger partial charge < -0.3 is 10.1 Å². The second-order valence-corrected chi connectivity index (χ2v) is 8.82. The first-order valence-corrected chi connectivity index (χ1v) is 11.3. The fourth-order valence-electron chi connectivity index (χ4n) is 3.49. The molecule has 0 saturated heterocycles. The minimum absolute atomic E-state index is 0.291. The van der Waals surface area contributed by atoms with Crippen LogP contribution in [-0.4, -0.2) is 18.5 Å². The fraction of sp³-hybridized carbons (Fsp3) is 0.364. The van der Waals surface area contributed by atoms with Crippen LogP contribution in [0.15, 0.2) is 24.3 Å². The van der Waals surface area contributed by atoms with Gasteiger partial charge in [-0.3, -0.25) is 4.79 Å². The molecule has 4 nitrogen and oxygen atoms in total. The first kappa shape index (κ1) is 21.9. The first-order valence-electron chi connectivity index (χ1n) is 9.69. The molecule has 3 rings (SSSR count). The molecule has 0 unspecified atom stereocenters. The van der Waals surface area contributed by atoms with Crippen LogP contribution < -0.4 is 5.32 Å². The first-order chi connectivity index (χ1) is 13.9. The summed E-state index contributed by atoms with van der Waals surface area (Å²) < 4.78 is 5.25. The van der Waals surface area contributed by atoms with E-state index in [1.165, 1.54) is 22.3 Å². The Hall–Kier alpha value is -1.82. The Bertz CT molecular complexity index is 932. The molecule has 1 aliphatic rings. The van der Waals surface area contributed by atoms with Crippen LogP contribution in [-0.2, 0) is 22.4 Å². The number of thiophene rings is 1. The number of ether oxygens (including phenoxy) is 1. The van der Waals surface area contributed by atoms with Crippen LogP contribution in [0.25, 0.3) is 6.08 Å². The summed E-state index contributed by atoms with van der Waals surface area (Å²) in [5, 5.41) is 4.33. The highest BCUT2D eigenvalue weighted by molar-refractivity contribution is 7.17. The van der Waals surface area contributed by atoms with Crippen molar-refractivity contribution in [3.63, 3.8) is 0 Å². The van der Waals surface area contributed by atoms with E-state index in [4.69, 9.17) is 27.9 Å². The predicted octanol–water partition coefficient (Wildman–Crippen LogP) is 6.40. The second kappa shape index (κ2) is 9.79. The zero-order chi connectivity index (χ0) is 21.0. The number of halogens is 2. The number of carbonyl (C=O) groups is 2. The van der Waals surface area contributed by atoms with Gasteiger partial charge in [-0.25, -0.2) is 4.79 Å². The third-order valence-electron chi connectivity index (χ3n) is 5.06. The molecule has 2 aromatic rings. The maximum Gasteiger partial charge on any atom is 0.341 e. The normalized spacial score (nSPS) is 15.9. The number of amides is 1. The third-order valence-corrected chi connectivity index (χ3v) is 6.89. The Morgan fingerprint density at radius 2 is 2.00 bits per heavy atom. The molecule has 1 heterocycles. The van der Waals surface area contributed by atoms with Gasteiger partial charge in [-0.1, -0.05) is 42.6 Å². The molecule has 1 aromatic heterocycles. The maximum absolute atomic E-state index is 12.6. The lowest BCUT2D eigenvalue weighted by Gasteiger charge is -2.20. The summed E-state index contributed by atoms with van der Waals surface area (Å²) in [5.74, 6) is -0.118. The molecule has 0 saturated carbocycles. The molecule has 7 heteroatoms. The molecule has 0 spiro atoms. The third kappa shape index (κ3) is 5.03. The number of hydrogen-bond acceptors (Lipinski definition) is 4. The van der Waals surface area contributed by atoms with Crippen molar-refractivity contribution in [1.29, 1.82) is 0 Å². The van der Waals surface area contributed by atoms with Gasteiger partial charge in [0.05, 0.1) is 12.2 Å². The van der Waals surface area contributed by atoms with Crippen LogP contribution in [0.3, 0.4) is 0 Å². The molecule has 0 fully saturated rings. The minimum Gasteiger partial charge on any atom is -0.462 e. The number of hydrogen-bond donors (Lipinski definition) is 1. The minimum atomic E-state index is -0.381. The van der Waals surface area contributed by atoms with Crippen molar-refractivity contribution in [3.8, 4) is 0 Å². The Balaban J connectivity index is 1.86. The van der Waals surface area contributed by atoms with Gasteiger partial charge in [-0.2, -0.15) is 0 Å². The van der Waals surface area contributed by atoms with Crippen LogP contribution in [0.2, 0.25) is 10.0 Å². The molecular formula is C22H23Cl2NO3S. The number of rotatable bonds is 6. The number of anilines is 1. The molecule has 154 valence electrons. The zero-order valence-corrected chi connectivity index (χ0v) is 18.7. The van der Waals surface area contributed by atoms with Crippen LogP contribution in [0.1, 0.15) is 53.1 Å². The molecule has 0 aliphatic heterocycles. The van der Waals surface area contributed by atoms with Gasteiger partial charge >= 0.3 is 5.97 Å². The molecule has 29 heavy (non-hydrogen) atoms. The van der Waals surface area contributed by atoms with Crippen molar-refractivity contribution in [2.24, 2.45) is 5.92 Å². The molecule has 1 amide bonds. The Morgan fingerprint density at radius 3 is 2.66 bits per heavy atom. The highest BCUT2D eigenvalue weighted by Gasteiger charge is 2.29. The predicted molar refractivity (Wildman–Crippen MR) is 120 cm³/mol. The Morgan fingerprint density at radius 1 is 1.28 bits per heavy atom. The fourth-order valence-corrected chi connectivity index (χ4v) is 5.37. The summed E-state index contributed by atoms with van der Waals surface area (Å²) in [5.41, 5.74) is 2.10. The Labute approximate surface area is 184 Å². The van der Waals surface area contributed by atoms with Gasteiger partial charge in [0.25, 0.3) is 0 Å². The number of nitrogens with one attached hydrogen (secondary N) is 1. The van der Waals surface area contributed by atoms with Gasteiger partial charge in [-0.05, 0) is 55.9 Å². The van der Waals surface area contributed by atoms with Crippen LogP contribution in [0.5, 0.6) is 0 Å². The van der Waals surface area contributed by atoms with Crippen molar-refractivity contribution in [1.82, 2.24) is 0 Å². The maximum atomic E-state index is 12.6. The van der Waals surface area contributed by atoms with Crippen LogP contribution in [0, 0.1) is 5.92 Å². The van der Waals surface area contributed by atoms with Crippen molar-refractivity contribution in [2.45, 2.75) is 39.5 Å². The van der Waals surface area contributed by atoms with Crippen molar-refractivity contribution in [2.75, 3.05) is 11.9 Å². The van der Waals surface area contributed by atoms with Crippen LogP contribution >= 0.6 is 34.5 Å². The number of benzene rings is 1. The highest BCUT2D eigenvalue weighted by Crippen LogP contribution is 2.40. The van der Waals surface area contributed by atoms with E-state index in [-0.39, 0.29) is 11.9 Å². The largest absolute Gasteiger partial charge is 0.462 e. The zero-order valence-electron chi connectivity index (χ0n) is 16.4. The molecule has 1 aliphatic carbocycles.